The fourth-order valence-corrected chi connectivity index (χ4v) is 2.86. The van der Waals surface area contributed by atoms with E-state index in [0.29, 0.717) is 4.99 Å². The number of hydrogen-bond donors (Lipinski definition) is 1. The van der Waals surface area contributed by atoms with Crippen LogP contribution in [-0.2, 0) is 4.74 Å². The van der Waals surface area contributed by atoms with Gasteiger partial charge in [0.05, 0.1) is 17.6 Å². The van der Waals surface area contributed by atoms with Crippen LogP contribution >= 0.6 is 12.2 Å². The summed E-state index contributed by atoms with van der Waals surface area (Å²) >= 11 is 5.07. The van der Waals surface area contributed by atoms with Crippen LogP contribution in [0.2, 0.25) is 0 Å². The molecule has 2 rings (SSSR count). The minimum Gasteiger partial charge on any atom is -0.392 e. The number of ether oxygens (including phenoxy) is 1. The third-order valence-corrected chi connectivity index (χ3v) is 3.95. The van der Waals surface area contributed by atoms with Crippen LogP contribution in [0, 0.1) is 0 Å². The highest BCUT2D eigenvalue weighted by atomic mass is 32.1. The van der Waals surface area contributed by atoms with Crippen LogP contribution < -0.4 is 5.73 Å². The number of thiocarbonyl (C=S) groups is 1. The first kappa shape index (κ1) is 10.3. The summed E-state index contributed by atoms with van der Waals surface area (Å²) in [6.45, 7) is 4.97. The number of nitrogens with two attached hydrogens (primary N) is 1. The summed E-state index contributed by atoms with van der Waals surface area (Å²) in [6.07, 6.45) is 3.62. The van der Waals surface area contributed by atoms with Crippen LogP contribution in [0.3, 0.4) is 0 Å². The van der Waals surface area contributed by atoms with Crippen molar-refractivity contribution in [3.8, 4) is 0 Å². The number of hydrogen-bond acceptors (Lipinski definition) is 3. The van der Waals surface area contributed by atoms with Crippen molar-refractivity contribution in [2.45, 2.75) is 37.8 Å². The van der Waals surface area contributed by atoms with Crippen molar-refractivity contribution >= 4 is 17.2 Å². The monoisotopic (exact) mass is 214 g/mol. The van der Waals surface area contributed by atoms with E-state index in [1.54, 1.807) is 0 Å². The SMILES string of the molecule is CC(C(N)=S)N1CCCC12CCOC2. The van der Waals surface area contributed by atoms with Gasteiger partial charge in [0.15, 0.2) is 0 Å². The molecule has 0 aromatic heterocycles. The molecular formula is C10H18N2OS. The fraction of sp³-hybridized carbons (Fsp3) is 0.900. The van der Waals surface area contributed by atoms with Gasteiger partial charge in [-0.25, -0.2) is 0 Å². The maximum atomic E-state index is 5.72. The molecule has 2 unspecified atom stereocenters. The highest BCUT2D eigenvalue weighted by molar-refractivity contribution is 7.80. The van der Waals surface area contributed by atoms with Crippen molar-refractivity contribution < 1.29 is 4.74 Å². The molecule has 2 fully saturated rings. The number of rotatable bonds is 2. The molecule has 0 amide bonds. The molecule has 2 heterocycles. The number of likely N-dealkylation sites (tertiary alicyclic amines) is 1. The van der Waals surface area contributed by atoms with Gasteiger partial charge in [-0.15, -0.1) is 0 Å². The second kappa shape index (κ2) is 3.76. The van der Waals surface area contributed by atoms with E-state index >= 15 is 0 Å². The van der Waals surface area contributed by atoms with E-state index in [4.69, 9.17) is 22.7 Å². The van der Waals surface area contributed by atoms with Crippen LogP contribution in [0.25, 0.3) is 0 Å². The quantitative estimate of drug-likeness (QED) is 0.694. The summed E-state index contributed by atoms with van der Waals surface area (Å²) in [4.78, 5) is 3.06. The maximum Gasteiger partial charge on any atom is 0.0899 e. The Balaban J connectivity index is 2.13. The molecule has 0 radical (unpaired) electrons. The van der Waals surface area contributed by atoms with Gasteiger partial charge in [0.2, 0.25) is 0 Å². The third kappa shape index (κ3) is 1.55. The van der Waals surface area contributed by atoms with Crippen LogP contribution in [0.4, 0.5) is 0 Å². The molecule has 4 heteroatoms. The van der Waals surface area contributed by atoms with E-state index in [1.165, 1.54) is 12.8 Å². The average Bonchev–Trinajstić information content (AvgIpc) is 2.76. The number of nitrogens with zero attached hydrogens (tertiary/aromatic N) is 1. The van der Waals surface area contributed by atoms with Gasteiger partial charge in [-0.3, -0.25) is 4.90 Å². The summed E-state index contributed by atoms with van der Waals surface area (Å²) in [5.41, 5.74) is 5.97. The van der Waals surface area contributed by atoms with E-state index in [1.807, 2.05) is 0 Å². The smallest absolute Gasteiger partial charge is 0.0899 e. The summed E-state index contributed by atoms with van der Waals surface area (Å²) in [7, 11) is 0. The van der Waals surface area contributed by atoms with Gasteiger partial charge in [-0.2, -0.15) is 0 Å². The lowest BCUT2D eigenvalue weighted by Crippen LogP contribution is -2.52. The van der Waals surface area contributed by atoms with Crippen molar-refractivity contribution in [3.05, 3.63) is 0 Å². The molecule has 2 N–H and O–H groups in total. The Morgan fingerprint density at radius 3 is 2.93 bits per heavy atom. The molecule has 0 bridgehead atoms. The molecule has 2 saturated heterocycles. The van der Waals surface area contributed by atoms with E-state index in [2.05, 4.69) is 11.8 Å². The zero-order valence-corrected chi connectivity index (χ0v) is 9.48. The summed E-state index contributed by atoms with van der Waals surface area (Å²) in [5.74, 6) is 0. The Labute approximate surface area is 90.6 Å². The molecular weight excluding hydrogens is 196 g/mol. The second-order valence-electron chi connectivity index (χ2n) is 4.40. The first-order valence-electron chi connectivity index (χ1n) is 5.29. The van der Waals surface area contributed by atoms with E-state index < -0.39 is 0 Å². The Hall–Kier alpha value is -0.190. The fourth-order valence-electron chi connectivity index (χ4n) is 2.74. The zero-order chi connectivity index (χ0) is 10.2. The molecule has 2 aliphatic heterocycles. The summed E-state index contributed by atoms with van der Waals surface area (Å²) in [6, 6.07) is 0.217. The van der Waals surface area contributed by atoms with Crippen LogP contribution in [-0.4, -0.2) is 41.2 Å². The van der Waals surface area contributed by atoms with Gasteiger partial charge >= 0.3 is 0 Å². The molecule has 0 aromatic carbocycles. The average molecular weight is 214 g/mol. The largest absolute Gasteiger partial charge is 0.392 e. The molecule has 0 aliphatic carbocycles. The lowest BCUT2D eigenvalue weighted by atomic mass is 9.94. The molecule has 2 atom stereocenters. The maximum absolute atomic E-state index is 5.72. The molecule has 0 saturated carbocycles. The van der Waals surface area contributed by atoms with E-state index in [-0.39, 0.29) is 11.6 Å². The Morgan fingerprint density at radius 2 is 2.36 bits per heavy atom. The minimum absolute atomic E-state index is 0.217. The van der Waals surface area contributed by atoms with Crippen molar-refractivity contribution in [1.29, 1.82) is 0 Å². The third-order valence-electron chi connectivity index (χ3n) is 3.61. The predicted molar refractivity (Wildman–Crippen MR) is 60.4 cm³/mol. The Morgan fingerprint density at radius 1 is 1.57 bits per heavy atom. The van der Waals surface area contributed by atoms with Gasteiger partial charge < -0.3 is 10.5 Å². The summed E-state index contributed by atoms with van der Waals surface area (Å²) in [5, 5.41) is 0. The van der Waals surface area contributed by atoms with Crippen LogP contribution in [0.1, 0.15) is 26.2 Å². The molecule has 0 aromatic rings. The van der Waals surface area contributed by atoms with E-state index in [0.717, 1.165) is 26.2 Å². The van der Waals surface area contributed by atoms with Gasteiger partial charge in [0.25, 0.3) is 0 Å². The molecule has 3 nitrogen and oxygen atoms in total. The Kier molecular flexibility index (Phi) is 2.77. The standard InChI is InChI=1S/C10H18N2OS/c1-8(9(11)14)12-5-2-3-10(12)4-6-13-7-10/h8H,2-7H2,1H3,(H2,11,14). The van der Waals surface area contributed by atoms with Gasteiger partial charge in [0.1, 0.15) is 0 Å². The summed E-state index contributed by atoms with van der Waals surface area (Å²) < 4.78 is 5.52. The molecule has 80 valence electrons. The van der Waals surface area contributed by atoms with Crippen LogP contribution in [0.15, 0.2) is 0 Å². The normalized spacial score (nSPS) is 35.2. The molecule has 14 heavy (non-hydrogen) atoms. The van der Waals surface area contributed by atoms with Crippen LogP contribution in [0.5, 0.6) is 0 Å². The highest BCUT2D eigenvalue weighted by Crippen LogP contribution is 2.37. The highest BCUT2D eigenvalue weighted by Gasteiger charge is 2.46. The van der Waals surface area contributed by atoms with Crippen molar-refractivity contribution in [3.63, 3.8) is 0 Å². The van der Waals surface area contributed by atoms with Gasteiger partial charge in [-0.1, -0.05) is 12.2 Å². The van der Waals surface area contributed by atoms with Crippen molar-refractivity contribution in [2.75, 3.05) is 19.8 Å². The van der Waals surface area contributed by atoms with Gasteiger partial charge in [0, 0.05) is 12.1 Å². The minimum atomic E-state index is 0.217. The molecule has 1 spiro atoms. The lowest BCUT2D eigenvalue weighted by Gasteiger charge is -2.37. The Bertz CT molecular complexity index is 233. The van der Waals surface area contributed by atoms with Crippen molar-refractivity contribution in [2.24, 2.45) is 5.73 Å². The first-order valence-corrected chi connectivity index (χ1v) is 5.70. The lowest BCUT2D eigenvalue weighted by molar-refractivity contribution is 0.0921. The van der Waals surface area contributed by atoms with E-state index in [9.17, 15) is 0 Å². The molecule has 2 aliphatic rings. The zero-order valence-electron chi connectivity index (χ0n) is 8.66. The van der Waals surface area contributed by atoms with Gasteiger partial charge in [-0.05, 0) is 32.7 Å². The predicted octanol–water partition coefficient (Wildman–Crippen LogP) is 0.916. The topological polar surface area (TPSA) is 38.5 Å². The second-order valence-corrected chi connectivity index (χ2v) is 4.87. The van der Waals surface area contributed by atoms with Crippen molar-refractivity contribution in [1.82, 2.24) is 4.90 Å². The first-order chi connectivity index (χ1) is 6.66.